The number of methoxy groups -OCH3 is 1. The topological polar surface area (TPSA) is 93.2 Å². The number of halogens is 1. The van der Waals surface area contributed by atoms with Crippen molar-refractivity contribution in [2.24, 2.45) is 5.92 Å². The van der Waals surface area contributed by atoms with Gasteiger partial charge in [0.15, 0.2) is 5.65 Å². The van der Waals surface area contributed by atoms with Crippen molar-refractivity contribution in [2.75, 3.05) is 20.2 Å². The van der Waals surface area contributed by atoms with Gasteiger partial charge in [0.2, 0.25) is 0 Å². The number of benzene rings is 1. The first-order valence-electron chi connectivity index (χ1n) is 12.1. The lowest BCUT2D eigenvalue weighted by atomic mass is 9.90. The van der Waals surface area contributed by atoms with Crippen LogP contribution in [-0.4, -0.2) is 50.7 Å². The molecule has 1 amide bonds. The van der Waals surface area contributed by atoms with E-state index in [0.717, 1.165) is 5.69 Å². The number of carbonyl (C=O) groups excluding carboxylic acids is 1. The van der Waals surface area contributed by atoms with E-state index in [1.807, 2.05) is 6.07 Å². The Morgan fingerprint density at radius 3 is 2.84 bits per heavy atom. The number of carbonyl (C=O) groups is 1. The van der Waals surface area contributed by atoms with Crippen LogP contribution in [0.5, 0.6) is 0 Å². The molecule has 186 valence electrons. The van der Waals surface area contributed by atoms with Gasteiger partial charge in [-0.3, -0.25) is 14.2 Å². The SMILES string of the molecule is COC1(Cn2cnc3c(ccn3-c3cccc(C#N)c3)c2=O)CCN(C(=O)C2=CC3=C(F)[C@@H]3C=C2)CC1. The molecule has 6 rings (SSSR count). The van der Waals surface area contributed by atoms with Crippen molar-refractivity contribution in [1.29, 1.82) is 5.26 Å². The van der Waals surface area contributed by atoms with E-state index in [1.165, 1.54) is 6.33 Å². The molecule has 1 fully saturated rings. The molecule has 3 aliphatic rings. The van der Waals surface area contributed by atoms with E-state index in [0.29, 0.717) is 60.2 Å². The van der Waals surface area contributed by atoms with Crippen molar-refractivity contribution in [3.8, 4) is 11.8 Å². The summed E-state index contributed by atoms with van der Waals surface area (Å²) < 4.78 is 22.8. The Kier molecular flexibility index (Phi) is 5.42. The second-order valence-electron chi connectivity index (χ2n) is 9.68. The molecule has 0 radical (unpaired) electrons. The molecule has 0 unspecified atom stereocenters. The summed E-state index contributed by atoms with van der Waals surface area (Å²) in [5.41, 5.74) is 2.10. The van der Waals surface area contributed by atoms with Crippen LogP contribution in [0.4, 0.5) is 4.39 Å². The number of amides is 1. The minimum Gasteiger partial charge on any atom is -0.376 e. The molecule has 0 spiro atoms. The molecule has 2 aliphatic carbocycles. The quantitative estimate of drug-likeness (QED) is 0.539. The monoisotopic (exact) mass is 497 g/mol. The molecule has 3 aromatic rings. The Morgan fingerprint density at radius 1 is 1.30 bits per heavy atom. The summed E-state index contributed by atoms with van der Waals surface area (Å²) in [7, 11) is 1.63. The highest BCUT2D eigenvalue weighted by Crippen LogP contribution is 2.45. The molecule has 1 saturated heterocycles. The van der Waals surface area contributed by atoms with Gasteiger partial charge < -0.3 is 14.2 Å². The molecule has 9 heteroatoms. The largest absolute Gasteiger partial charge is 0.376 e. The van der Waals surface area contributed by atoms with Crippen LogP contribution in [0.25, 0.3) is 16.7 Å². The summed E-state index contributed by atoms with van der Waals surface area (Å²) in [5.74, 6) is -0.505. The summed E-state index contributed by atoms with van der Waals surface area (Å²) in [6.07, 6.45) is 9.48. The average molecular weight is 498 g/mol. The van der Waals surface area contributed by atoms with Crippen molar-refractivity contribution in [3.63, 3.8) is 0 Å². The third-order valence-electron chi connectivity index (χ3n) is 7.60. The normalized spacial score (nSPS) is 20.0. The third kappa shape index (κ3) is 3.90. The summed E-state index contributed by atoms with van der Waals surface area (Å²) >= 11 is 0. The second-order valence-corrected chi connectivity index (χ2v) is 9.68. The lowest BCUT2D eigenvalue weighted by Crippen LogP contribution is -2.51. The number of likely N-dealkylation sites (tertiary alicyclic amines) is 1. The minimum absolute atomic E-state index is 0.117. The molecule has 1 aromatic carbocycles. The summed E-state index contributed by atoms with van der Waals surface area (Å²) in [6.45, 7) is 1.25. The molecular weight excluding hydrogens is 473 g/mol. The van der Waals surface area contributed by atoms with Crippen LogP contribution in [0, 0.1) is 17.2 Å². The predicted octanol–water partition coefficient (Wildman–Crippen LogP) is 3.42. The molecule has 1 atom stereocenters. The smallest absolute Gasteiger partial charge is 0.262 e. The van der Waals surface area contributed by atoms with Crippen molar-refractivity contribution in [2.45, 2.75) is 25.0 Å². The fourth-order valence-corrected chi connectivity index (χ4v) is 5.26. The maximum atomic E-state index is 13.6. The zero-order chi connectivity index (χ0) is 25.7. The van der Waals surface area contributed by atoms with E-state index >= 15 is 0 Å². The first-order valence-corrected chi connectivity index (χ1v) is 12.1. The Balaban J connectivity index is 1.20. The lowest BCUT2D eigenvalue weighted by molar-refractivity contribution is -0.133. The highest BCUT2D eigenvalue weighted by Gasteiger charge is 2.40. The van der Waals surface area contributed by atoms with Crippen molar-refractivity contribution >= 4 is 16.9 Å². The number of nitriles is 1. The van der Waals surface area contributed by atoms with E-state index < -0.39 is 5.60 Å². The highest BCUT2D eigenvalue weighted by molar-refractivity contribution is 5.98. The number of nitrogens with zero attached hydrogens (tertiary/aromatic N) is 5. The molecule has 0 N–H and O–H groups in total. The number of allylic oxidation sites excluding steroid dienone is 4. The standard InChI is InChI=1S/C28H24FN5O3/c1-37-28(8-11-32(12-9-28)26(35)19-5-6-21-23(14-19)24(21)29)16-33-17-31-25-22(27(33)36)7-10-34(25)20-4-2-3-18(13-20)15-30/h2-7,10,13-14,17,21H,8-9,11-12,16H2,1H3/t21-/m1/s1. The van der Waals surface area contributed by atoms with Gasteiger partial charge in [-0.25, -0.2) is 9.37 Å². The fraction of sp³-hybridized carbons (Fsp3) is 0.286. The van der Waals surface area contributed by atoms with Crippen molar-refractivity contribution < 1.29 is 13.9 Å². The van der Waals surface area contributed by atoms with Gasteiger partial charge in [0, 0.05) is 37.7 Å². The predicted molar refractivity (Wildman–Crippen MR) is 134 cm³/mol. The van der Waals surface area contributed by atoms with E-state index in [4.69, 9.17) is 4.74 Å². The van der Waals surface area contributed by atoms with Gasteiger partial charge in [0.25, 0.3) is 11.5 Å². The molecule has 37 heavy (non-hydrogen) atoms. The van der Waals surface area contributed by atoms with Crippen molar-refractivity contribution in [3.05, 3.63) is 94.0 Å². The first-order chi connectivity index (χ1) is 17.9. The van der Waals surface area contributed by atoms with Gasteiger partial charge in [0.1, 0.15) is 12.2 Å². The van der Waals surface area contributed by atoms with E-state index in [1.54, 1.807) is 69.8 Å². The second kappa shape index (κ2) is 8.68. The molecule has 0 bridgehead atoms. The van der Waals surface area contributed by atoms with Gasteiger partial charge in [0.05, 0.1) is 35.1 Å². The molecule has 2 aromatic heterocycles. The van der Waals surface area contributed by atoms with Crippen LogP contribution in [0.2, 0.25) is 0 Å². The van der Waals surface area contributed by atoms with Crippen molar-refractivity contribution in [1.82, 2.24) is 19.0 Å². The Morgan fingerprint density at radius 2 is 2.11 bits per heavy atom. The first kappa shape index (κ1) is 23.1. The van der Waals surface area contributed by atoms with E-state index in [9.17, 15) is 19.2 Å². The Hall–Kier alpha value is -4.29. The van der Waals surface area contributed by atoms with Crippen LogP contribution in [0.3, 0.4) is 0 Å². The van der Waals surface area contributed by atoms with Crippen LogP contribution in [-0.2, 0) is 16.1 Å². The Bertz CT molecular complexity index is 1630. The van der Waals surface area contributed by atoms with Gasteiger partial charge in [-0.2, -0.15) is 5.26 Å². The average Bonchev–Trinajstić information content (AvgIpc) is 3.37. The van der Waals surface area contributed by atoms with Gasteiger partial charge >= 0.3 is 0 Å². The summed E-state index contributed by atoms with van der Waals surface area (Å²) in [4.78, 5) is 32.6. The van der Waals surface area contributed by atoms with Gasteiger partial charge in [-0.15, -0.1) is 0 Å². The van der Waals surface area contributed by atoms with E-state index in [2.05, 4.69) is 11.1 Å². The van der Waals surface area contributed by atoms with Gasteiger partial charge in [-0.1, -0.05) is 18.2 Å². The van der Waals surface area contributed by atoms with Crippen LogP contribution in [0.1, 0.15) is 18.4 Å². The molecule has 1 aliphatic heterocycles. The molecule has 8 nitrogen and oxygen atoms in total. The molecular formula is C28H24FN5O3. The summed E-state index contributed by atoms with van der Waals surface area (Å²) in [5, 5.41) is 9.68. The van der Waals surface area contributed by atoms with Crippen LogP contribution in [0.15, 0.2) is 82.9 Å². The number of aromatic nitrogens is 3. The maximum Gasteiger partial charge on any atom is 0.262 e. The zero-order valence-electron chi connectivity index (χ0n) is 20.2. The molecule has 0 saturated carbocycles. The number of hydrogen-bond acceptors (Lipinski definition) is 5. The Labute approximate surface area is 212 Å². The number of rotatable bonds is 5. The minimum atomic E-state index is -0.618. The maximum absolute atomic E-state index is 13.6. The zero-order valence-corrected chi connectivity index (χ0v) is 20.2. The van der Waals surface area contributed by atoms with E-state index in [-0.39, 0.29) is 23.2 Å². The fourth-order valence-electron chi connectivity index (χ4n) is 5.26. The van der Waals surface area contributed by atoms with Crippen LogP contribution >= 0.6 is 0 Å². The number of ether oxygens (including phenoxy) is 1. The summed E-state index contributed by atoms with van der Waals surface area (Å²) in [6, 6.07) is 11.0. The highest BCUT2D eigenvalue weighted by atomic mass is 19.1. The lowest BCUT2D eigenvalue weighted by Gasteiger charge is -2.41. The number of piperidine rings is 1. The number of fused-ring (bicyclic) bond motifs is 2. The van der Waals surface area contributed by atoms with Gasteiger partial charge in [-0.05, 0) is 48.8 Å². The number of hydrogen-bond donors (Lipinski definition) is 0. The van der Waals surface area contributed by atoms with Crippen LogP contribution < -0.4 is 5.56 Å². The third-order valence-corrected chi connectivity index (χ3v) is 7.60. The molecule has 3 heterocycles.